The number of Topliss-reactive ketones (excluding diaryl/α,β-unsaturated/α-hetero) is 1. The highest BCUT2D eigenvalue weighted by Gasteiger charge is 1.96. The number of rotatable bonds is 10. The number of hydrogen-bond acceptors (Lipinski definition) is 3. The van der Waals surface area contributed by atoms with Gasteiger partial charge in [0, 0.05) is 18.5 Å². The van der Waals surface area contributed by atoms with Crippen molar-refractivity contribution in [2.24, 2.45) is 0 Å². The number of nitrogens with one attached hydrogen (secondary N) is 1. The Hall–Kier alpha value is -2.55. The maximum atomic E-state index is 10.9. The number of allylic oxidation sites excluding steroid dienone is 5. The van der Waals surface area contributed by atoms with E-state index in [2.05, 4.69) is 11.9 Å². The molecule has 1 N–H and O–H groups in total. The molecule has 0 aliphatic rings. The molecule has 0 fully saturated rings. The van der Waals surface area contributed by atoms with Gasteiger partial charge >= 0.3 is 0 Å². The molecule has 3 heteroatoms. The van der Waals surface area contributed by atoms with Crippen LogP contribution in [0.5, 0.6) is 5.75 Å². The van der Waals surface area contributed by atoms with Gasteiger partial charge in [-0.25, -0.2) is 0 Å². The largest absolute Gasteiger partial charge is 0.496 e. The van der Waals surface area contributed by atoms with Crippen molar-refractivity contribution < 1.29 is 9.53 Å². The van der Waals surface area contributed by atoms with Gasteiger partial charge in [0.2, 0.25) is 0 Å². The van der Waals surface area contributed by atoms with Crippen LogP contribution in [-0.4, -0.2) is 19.4 Å². The molecule has 0 unspecified atom stereocenters. The molecule has 23 heavy (non-hydrogen) atoms. The molecule has 1 aromatic rings. The second-order valence-corrected chi connectivity index (χ2v) is 5.07. The summed E-state index contributed by atoms with van der Waals surface area (Å²) in [7, 11) is 1.66. The lowest BCUT2D eigenvalue weighted by Gasteiger charge is -2.03. The minimum absolute atomic E-state index is 0.225. The van der Waals surface area contributed by atoms with Gasteiger partial charge in [0.15, 0.2) is 0 Å². The number of carbonyl (C=O) groups excluding carboxylic acids is 1. The predicted molar refractivity (Wildman–Crippen MR) is 97.4 cm³/mol. The summed E-state index contributed by atoms with van der Waals surface area (Å²) < 4.78 is 5.33. The monoisotopic (exact) mass is 311 g/mol. The van der Waals surface area contributed by atoms with Gasteiger partial charge in [-0.05, 0) is 37.3 Å². The zero-order valence-corrected chi connectivity index (χ0v) is 13.9. The fourth-order valence-corrected chi connectivity index (χ4v) is 1.97. The van der Waals surface area contributed by atoms with Crippen molar-refractivity contribution in [1.29, 1.82) is 0 Å². The second-order valence-electron chi connectivity index (χ2n) is 5.07. The smallest absolute Gasteiger partial charge is 0.129 e. The summed E-state index contributed by atoms with van der Waals surface area (Å²) in [5.74, 6) is 1.07. The van der Waals surface area contributed by atoms with E-state index in [1.807, 2.05) is 54.8 Å². The first kappa shape index (κ1) is 18.5. The van der Waals surface area contributed by atoms with Crippen molar-refractivity contribution in [1.82, 2.24) is 5.32 Å². The summed E-state index contributed by atoms with van der Waals surface area (Å²) in [6.45, 7) is 6.14. The van der Waals surface area contributed by atoms with Gasteiger partial charge < -0.3 is 14.8 Å². The first-order valence-corrected chi connectivity index (χ1v) is 7.70. The molecule has 0 atom stereocenters. The second kappa shape index (κ2) is 11.1. The number of benzene rings is 1. The molecule has 0 aliphatic carbocycles. The van der Waals surface area contributed by atoms with Crippen LogP contribution in [-0.2, 0) is 4.79 Å². The van der Waals surface area contributed by atoms with E-state index in [-0.39, 0.29) is 5.78 Å². The van der Waals surface area contributed by atoms with Crippen LogP contribution < -0.4 is 10.1 Å². The van der Waals surface area contributed by atoms with Crippen molar-refractivity contribution in [3.63, 3.8) is 0 Å². The van der Waals surface area contributed by atoms with Gasteiger partial charge in [-0.1, -0.05) is 49.1 Å². The number of ketones is 1. The lowest BCUT2D eigenvalue weighted by Crippen LogP contribution is -2.08. The molecule has 1 rings (SSSR count). The third-order valence-corrected chi connectivity index (χ3v) is 3.15. The van der Waals surface area contributed by atoms with Gasteiger partial charge in [0.05, 0.1) is 7.11 Å². The average Bonchev–Trinajstić information content (AvgIpc) is 2.55. The number of methoxy groups -OCH3 is 1. The third kappa shape index (κ3) is 7.86. The van der Waals surface area contributed by atoms with Crippen LogP contribution in [0.2, 0.25) is 0 Å². The van der Waals surface area contributed by atoms with Gasteiger partial charge in [0.1, 0.15) is 11.5 Å². The van der Waals surface area contributed by atoms with E-state index in [4.69, 9.17) is 4.74 Å². The summed E-state index contributed by atoms with van der Waals surface area (Å²) in [5, 5.41) is 3.18. The Kier molecular flexibility index (Phi) is 8.91. The van der Waals surface area contributed by atoms with Crippen LogP contribution in [0, 0.1) is 0 Å². The Morgan fingerprint density at radius 3 is 2.78 bits per heavy atom. The molecule has 0 saturated carbocycles. The Balaban J connectivity index is 2.61. The molecule has 0 bridgehead atoms. The van der Waals surface area contributed by atoms with Crippen LogP contribution in [0.3, 0.4) is 0 Å². The number of hydrogen-bond donors (Lipinski definition) is 1. The molecule has 0 radical (unpaired) electrons. The number of para-hydroxylation sites is 1. The number of ether oxygens (including phenoxy) is 1. The maximum Gasteiger partial charge on any atom is 0.129 e. The van der Waals surface area contributed by atoms with Crippen molar-refractivity contribution in [2.75, 3.05) is 13.7 Å². The topological polar surface area (TPSA) is 38.3 Å². The van der Waals surface area contributed by atoms with Crippen molar-refractivity contribution >= 4 is 11.9 Å². The summed E-state index contributed by atoms with van der Waals surface area (Å²) in [6.07, 6.45) is 13.0. The van der Waals surface area contributed by atoms with E-state index in [9.17, 15) is 4.79 Å². The van der Waals surface area contributed by atoms with E-state index in [0.717, 1.165) is 29.9 Å². The van der Waals surface area contributed by atoms with Crippen LogP contribution in [0.1, 0.15) is 25.3 Å². The van der Waals surface area contributed by atoms with E-state index in [0.29, 0.717) is 6.42 Å². The molecule has 3 nitrogen and oxygen atoms in total. The fraction of sp³-hybridized carbons (Fsp3) is 0.250. The zero-order valence-electron chi connectivity index (χ0n) is 13.9. The van der Waals surface area contributed by atoms with Crippen molar-refractivity contribution in [2.45, 2.75) is 19.8 Å². The van der Waals surface area contributed by atoms with E-state index in [1.54, 1.807) is 20.1 Å². The van der Waals surface area contributed by atoms with Crippen LogP contribution in [0.15, 0.2) is 66.9 Å². The molecule has 0 aromatic heterocycles. The van der Waals surface area contributed by atoms with Crippen LogP contribution in [0.25, 0.3) is 6.08 Å². The summed E-state index contributed by atoms with van der Waals surface area (Å²) >= 11 is 0. The van der Waals surface area contributed by atoms with Crippen LogP contribution >= 0.6 is 0 Å². The Morgan fingerprint density at radius 2 is 2.09 bits per heavy atom. The first-order chi connectivity index (χ1) is 11.2. The van der Waals surface area contributed by atoms with Crippen molar-refractivity contribution in [3.8, 4) is 5.75 Å². The highest BCUT2D eigenvalue weighted by molar-refractivity contribution is 5.75. The summed E-state index contributed by atoms with van der Waals surface area (Å²) in [6, 6.07) is 7.86. The Labute approximate surface area is 139 Å². The van der Waals surface area contributed by atoms with E-state index < -0.39 is 0 Å². The normalized spacial score (nSPS) is 11.8. The van der Waals surface area contributed by atoms with Gasteiger partial charge in [0.25, 0.3) is 0 Å². The molecular weight excluding hydrogens is 286 g/mol. The summed E-state index contributed by atoms with van der Waals surface area (Å²) in [5.41, 5.74) is 2.04. The van der Waals surface area contributed by atoms with E-state index >= 15 is 0 Å². The molecule has 0 amide bonds. The molecular formula is C20H25NO2. The highest BCUT2D eigenvalue weighted by Crippen LogP contribution is 2.19. The Morgan fingerprint density at radius 1 is 1.30 bits per heavy atom. The molecule has 0 aliphatic heterocycles. The lowest BCUT2D eigenvalue weighted by atomic mass is 10.1. The average molecular weight is 311 g/mol. The van der Waals surface area contributed by atoms with Gasteiger partial charge in [-0.3, -0.25) is 0 Å². The molecule has 1 aromatic carbocycles. The minimum atomic E-state index is 0.225. The quantitative estimate of drug-likeness (QED) is 0.517. The van der Waals surface area contributed by atoms with Crippen LogP contribution in [0.4, 0.5) is 0 Å². The maximum absolute atomic E-state index is 10.9. The SMILES string of the molecule is C=C/C=C(\C=C/NCCCC(C)=O)/C=C/c1ccccc1OC. The Bertz CT molecular complexity index is 597. The molecule has 0 spiro atoms. The zero-order chi connectivity index (χ0) is 16.9. The van der Waals surface area contributed by atoms with Crippen molar-refractivity contribution in [3.05, 3.63) is 72.5 Å². The molecule has 0 saturated heterocycles. The first-order valence-electron chi connectivity index (χ1n) is 7.70. The molecule has 122 valence electrons. The minimum Gasteiger partial charge on any atom is -0.496 e. The lowest BCUT2D eigenvalue weighted by molar-refractivity contribution is -0.117. The molecule has 0 heterocycles. The number of carbonyl (C=O) groups is 1. The third-order valence-electron chi connectivity index (χ3n) is 3.15. The predicted octanol–water partition coefficient (Wildman–Crippen LogP) is 4.29. The fourth-order valence-electron chi connectivity index (χ4n) is 1.97. The highest BCUT2D eigenvalue weighted by atomic mass is 16.5. The van der Waals surface area contributed by atoms with E-state index in [1.165, 1.54) is 0 Å². The van der Waals surface area contributed by atoms with Gasteiger partial charge in [-0.2, -0.15) is 0 Å². The standard InChI is InChI=1S/C20H25NO2/c1-4-8-18(14-16-21-15-7-9-17(2)22)12-13-19-10-5-6-11-20(19)23-3/h4-6,8,10-14,16,21H,1,7,9,15H2,2-3H3/b13-12+,16-14-,18-8-. The van der Waals surface area contributed by atoms with Gasteiger partial charge in [-0.15, -0.1) is 0 Å². The summed E-state index contributed by atoms with van der Waals surface area (Å²) in [4.78, 5) is 10.9.